The molecule has 2 rings (SSSR count). The fourth-order valence-corrected chi connectivity index (χ4v) is 3.39. The normalized spacial score (nSPS) is 25.1. The predicted molar refractivity (Wildman–Crippen MR) is 88.3 cm³/mol. The maximum Gasteiger partial charge on any atom is 0.0406 e. The number of hydrogen-bond donors (Lipinski definition) is 1. The van der Waals surface area contributed by atoms with E-state index in [2.05, 4.69) is 31.3 Å². The Morgan fingerprint density at radius 1 is 1.15 bits per heavy atom. The van der Waals surface area contributed by atoms with Crippen LogP contribution >= 0.6 is 11.6 Å². The van der Waals surface area contributed by atoms with Gasteiger partial charge in [-0.25, -0.2) is 0 Å². The minimum Gasteiger partial charge on any atom is -0.307 e. The highest BCUT2D eigenvalue weighted by Crippen LogP contribution is 2.27. The summed E-state index contributed by atoms with van der Waals surface area (Å²) in [5.41, 5.74) is 1.38. The highest BCUT2D eigenvalue weighted by molar-refractivity contribution is 6.30. The summed E-state index contributed by atoms with van der Waals surface area (Å²) in [5, 5.41) is 4.74. The summed E-state index contributed by atoms with van der Waals surface area (Å²) in [4.78, 5) is 0. The predicted octanol–water partition coefficient (Wildman–Crippen LogP) is 5.74. The molecular formula is C18H28ClN. The lowest BCUT2D eigenvalue weighted by Gasteiger charge is -2.25. The summed E-state index contributed by atoms with van der Waals surface area (Å²) in [5.74, 6) is 0.905. The summed E-state index contributed by atoms with van der Waals surface area (Å²) >= 11 is 6.00. The molecule has 3 unspecified atom stereocenters. The Morgan fingerprint density at radius 3 is 2.60 bits per heavy atom. The summed E-state index contributed by atoms with van der Waals surface area (Å²) in [6.07, 6.45) is 9.22. The minimum absolute atomic E-state index is 0.482. The van der Waals surface area contributed by atoms with E-state index in [-0.39, 0.29) is 0 Å². The van der Waals surface area contributed by atoms with Crippen LogP contribution in [0.2, 0.25) is 5.02 Å². The van der Waals surface area contributed by atoms with E-state index in [1.54, 1.807) is 0 Å². The average Bonchev–Trinajstić information content (AvgIpc) is 2.64. The third-order valence-corrected chi connectivity index (χ3v) is 4.80. The molecule has 0 aliphatic heterocycles. The van der Waals surface area contributed by atoms with Crippen LogP contribution in [0.25, 0.3) is 0 Å². The third-order valence-electron chi connectivity index (χ3n) is 4.54. The van der Waals surface area contributed by atoms with Gasteiger partial charge in [0.1, 0.15) is 0 Å². The van der Waals surface area contributed by atoms with E-state index in [1.165, 1.54) is 50.5 Å². The Labute approximate surface area is 129 Å². The van der Waals surface area contributed by atoms with Gasteiger partial charge < -0.3 is 5.32 Å². The van der Waals surface area contributed by atoms with Gasteiger partial charge in [-0.3, -0.25) is 0 Å². The van der Waals surface area contributed by atoms with Crippen LogP contribution in [0.5, 0.6) is 0 Å². The van der Waals surface area contributed by atoms with Crippen LogP contribution < -0.4 is 5.32 Å². The Morgan fingerprint density at radius 2 is 1.90 bits per heavy atom. The van der Waals surface area contributed by atoms with Gasteiger partial charge in [-0.15, -0.1) is 0 Å². The van der Waals surface area contributed by atoms with Crippen molar-refractivity contribution < 1.29 is 0 Å². The van der Waals surface area contributed by atoms with E-state index in [4.69, 9.17) is 11.6 Å². The molecule has 0 saturated heterocycles. The molecule has 20 heavy (non-hydrogen) atoms. The van der Waals surface area contributed by atoms with Crippen LogP contribution in [0.4, 0.5) is 0 Å². The summed E-state index contributed by atoms with van der Waals surface area (Å²) in [7, 11) is 0. The van der Waals surface area contributed by atoms with Crippen molar-refractivity contribution in [3.8, 4) is 0 Å². The molecule has 1 aromatic rings. The molecule has 1 aliphatic rings. The molecule has 0 aromatic heterocycles. The zero-order valence-electron chi connectivity index (χ0n) is 12.9. The Bertz CT molecular complexity index is 387. The lowest BCUT2D eigenvalue weighted by molar-refractivity contribution is 0.378. The molecule has 0 amide bonds. The Hall–Kier alpha value is -0.530. The number of rotatable bonds is 5. The molecule has 1 fully saturated rings. The fraction of sp³-hybridized carbons (Fsp3) is 0.667. The van der Waals surface area contributed by atoms with E-state index in [0.29, 0.717) is 12.1 Å². The quantitative estimate of drug-likeness (QED) is 0.683. The first-order valence-corrected chi connectivity index (χ1v) is 8.58. The molecule has 1 saturated carbocycles. The Kier molecular flexibility index (Phi) is 6.38. The maximum absolute atomic E-state index is 6.00. The van der Waals surface area contributed by atoms with Crippen molar-refractivity contribution in [1.29, 1.82) is 0 Å². The van der Waals surface area contributed by atoms with Crippen molar-refractivity contribution in [2.24, 2.45) is 5.92 Å². The van der Waals surface area contributed by atoms with Crippen LogP contribution in [0.15, 0.2) is 24.3 Å². The summed E-state index contributed by atoms with van der Waals surface area (Å²) < 4.78 is 0. The van der Waals surface area contributed by atoms with Crippen molar-refractivity contribution in [2.75, 3.05) is 0 Å². The second kappa shape index (κ2) is 8.05. The Balaban J connectivity index is 1.99. The van der Waals surface area contributed by atoms with Gasteiger partial charge in [-0.2, -0.15) is 0 Å². The number of nitrogens with one attached hydrogen (secondary N) is 1. The summed E-state index contributed by atoms with van der Waals surface area (Å²) in [6.45, 7) is 4.66. The molecule has 0 radical (unpaired) electrons. The second-order valence-corrected chi connectivity index (χ2v) is 6.81. The minimum atomic E-state index is 0.482. The van der Waals surface area contributed by atoms with E-state index >= 15 is 0 Å². The van der Waals surface area contributed by atoms with Crippen molar-refractivity contribution in [3.63, 3.8) is 0 Å². The lowest BCUT2D eigenvalue weighted by Crippen LogP contribution is -2.32. The molecule has 1 aliphatic carbocycles. The van der Waals surface area contributed by atoms with Crippen LogP contribution in [0, 0.1) is 5.92 Å². The molecule has 3 atom stereocenters. The molecule has 1 N–H and O–H groups in total. The van der Waals surface area contributed by atoms with E-state index in [1.807, 2.05) is 12.1 Å². The fourth-order valence-electron chi connectivity index (χ4n) is 3.27. The second-order valence-electron chi connectivity index (χ2n) is 6.37. The van der Waals surface area contributed by atoms with Crippen LogP contribution in [-0.2, 0) is 0 Å². The van der Waals surface area contributed by atoms with Gasteiger partial charge in [-0.05, 0) is 49.3 Å². The highest BCUT2D eigenvalue weighted by Gasteiger charge is 2.20. The molecule has 1 nitrogen and oxygen atoms in total. The third kappa shape index (κ3) is 4.79. The summed E-state index contributed by atoms with van der Waals surface area (Å²) in [6, 6.07) is 9.54. The monoisotopic (exact) mass is 293 g/mol. The van der Waals surface area contributed by atoms with Gasteiger partial charge in [0.25, 0.3) is 0 Å². The van der Waals surface area contributed by atoms with Crippen molar-refractivity contribution in [1.82, 2.24) is 5.32 Å². The number of benzene rings is 1. The molecule has 0 bridgehead atoms. The van der Waals surface area contributed by atoms with Gasteiger partial charge in [0.05, 0.1) is 0 Å². The van der Waals surface area contributed by atoms with Crippen molar-refractivity contribution in [3.05, 3.63) is 34.9 Å². The first-order valence-electron chi connectivity index (χ1n) is 8.20. The lowest BCUT2D eigenvalue weighted by atomic mass is 9.99. The first kappa shape index (κ1) is 15.9. The zero-order valence-corrected chi connectivity index (χ0v) is 13.6. The van der Waals surface area contributed by atoms with Crippen LogP contribution in [0.3, 0.4) is 0 Å². The smallest absolute Gasteiger partial charge is 0.0406 e. The topological polar surface area (TPSA) is 12.0 Å². The van der Waals surface area contributed by atoms with E-state index < -0.39 is 0 Å². The number of halogens is 1. The molecule has 2 heteroatoms. The van der Waals surface area contributed by atoms with E-state index in [0.717, 1.165) is 10.9 Å². The highest BCUT2D eigenvalue weighted by atomic mass is 35.5. The molecule has 112 valence electrons. The molecule has 0 spiro atoms. The van der Waals surface area contributed by atoms with Gasteiger partial charge in [-0.1, -0.05) is 56.8 Å². The van der Waals surface area contributed by atoms with Gasteiger partial charge in [0.2, 0.25) is 0 Å². The standard InChI is InChI=1S/C18H28ClN/c1-3-5-18(15-9-11-16(19)12-10-15)20-17-7-4-6-14(2)8-13-17/h9-12,14,17-18,20H,3-8,13H2,1-2H3. The maximum atomic E-state index is 6.00. The zero-order chi connectivity index (χ0) is 14.4. The van der Waals surface area contributed by atoms with Crippen molar-refractivity contribution in [2.45, 2.75) is 70.9 Å². The SMILES string of the molecule is CCCC(NC1CCCC(C)CC1)c1ccc(Cl)cc1. The van der Waals surface area contributed by atoms with E-state index in [9.17, 15) is 0 Å². The van der Waals surface area contributed by atoms with Crippen LogP contribution in [0.1, 0.15) is 70.4 Å². The van der Waals surface area contributed by atoms with Crippen molar-refractivity contribution >= 4 is 11.6 Å². The molecule has 1 aromatic carbocycles. The average molecular weight is 294 g/mol. The molecule has 0 heterocycles. The molecular weight excluding hydrogens is 266 g/mol. The largest absolute Gasteiger partial charge is 0.307 e. The number of hydrogen-bond acceptors (Lipinski definition) is 1. The van der Waals surface area contributed by atoms with Gasteiger partial charge in [0, 0.05) is 17.1 Å². The van der Waals surface area contributed by atoms with Gasteiger partial charge in [0.15, 0.2) is 0 Å². The first-order chi connectivity index (χ1) is 9.69. The van der Waals surface area contributed by atoms with Gasteiger partial charge >= 0.3 is 0 Å². The van der Waals surface area contributed by atoms with Crippen LogP contribution in [-0.4, -0.2) is 6.04 Å².